The van der Waals surface area contributed by atoms with Crippen molar-refractivity contribution in [2.24, 2.45) is 0 Å². The summed E-state index contributed by atoms with van der Waals surface area (Å²) < 4.78 is 18.6. The minimum atomic E-state index is -1.05. The maximum absolute atomic E-state index is 13.3. The van der Waals surface area contributed by atoms with Gasteiger partial charge >= 0.3 is 5.97 Å². The second-order valence-corrected chi connectivity index (χ2v) is 5.36. The molecule has 0 unspecified atom stereocenters. The average molecular weight is 303 g/mol. The summed E-state index contributed by atoms with van der Waals surface area (Å²) in [5, 5.41) is 11.3. The van der Waals surface area contributed by atoms with Crippen LogP contribution >= 0.6 is 11.3 Å². The number of aryl methyl sites for hydroxylation is 1. The third kappa shape index (κ3) is 2.57. The first-order valence-electron chi connectivity index (χ1n) is 6.09. The van der Waals surface area contributed by atoms with E-state index in [4.69, 9.17) is 9.52 Å². The van der Waals surface area contributed by atoms with Gasteiger partial charge < -0.3 is 9.52 Å². The number of thiazole rings is 1. The smallest absolute Gasteiger partial charge is 0.338 e. The number of carboxylic acids is 1. The molecule has 1 aromatic carbocycles. The zero-order valence-corrected chi connectivity index (χ0v) is 11.8. The lowest BCUT2D eigenvalue weighted by Gasteiger charge is -2.01. The molecule has 0 saturated carbocycles. The zero-order chi connectivity index (χ0) is 15.0. The normalized spacial score (nSPS) is 10.8. The standard InChI is InChI=1S/C15H10FNO3S/c1-8-2-3-10(16)5-11(8)14-17-12(7-21-14)13-4-9(6-20-13)15(18)19/h2-7H,1H3,(H,18,19). The van der Waals surface area contributed by atoms with Crippen LogP contribution in [-0.2, 0) is 0 Å². The minimum absolute atomic E-state index is 0.0708. The summed E-state index contributed by atoms with van der Waals surface area (Å²) in [6, 6.07) is 5.95. The summed E-state index contributed by atoms with van der Waals surface area (Å²) in [7, 11) is 0. The number of nitrogens with zero attached hydrogens (tertiary/aromatic N) is 1. The molecule has 0 spiro atoms. The molecule has 6 heteroatoms. The number of aromatic carboxylic acids is 1. The second kappa shape index (κ2) is 5.14. The second-order valence-electron chi connectivity index (χ2n) is 4.50. The van der Waals surface area contributed by atoms with E-state index in [9.17, 15) is 9.18 Å². The lowest BCUT2D eigenvalue weighted by Crippen LogP contribution is -1.91. The predicted molar refractivity (Wildman–Crippen MR) is 76.9 cm³/mol. The largest absolute Gasteiger partial charge is 0.478 e. The van der Waals surface area contributed by atoms with E-state index < -0.39 is 5.97 Å². The van der Waals surface area contributed by atoms with E-state index in [1.165, 1.54) is 35.8 Å². The van der Waals surface area contributed by atoms with Gasteiger partial charge in [-0.15, -0.1) is 11.3 Å². The Labute approximate surface area is 123 Å². The highest BCUT2D eigenvalue weighted by molar-refractivity contribution is 7.13. The molecule has 21 heavy (non-hydrogen) atoms. The summed E-state index contributed by atoms with van der Waals surface area (Å²) >= 11 is 1.35. The zero-order valence-electron chi connectivity index (χ0n) is 11.0. The molecule has 4 nitrogen and oxygen atoms in total. The quantitative estimate of drug-likeness (QED) is 0.787. The third-order valence-electron chi connectivity index (χ3n) is 3.03. The summed E-state index contributed by atoms with van der Waals surface area (Å²) in [4.78, 5) is 15.2. The van der Waals surface area contributed by atoms with Gasteiger partial charge in [-0.05, 0) is 24.6 Å². The van der Waals surface area contributed by atoms with Crippen molar-refractivity contribution in [1.82, 2.24) is 4.98 Å². The van der Waals surface area contributed by atoms with Gasteiger partial charge in [0.2, 0.25) is 0 Å². The maximum Gasteiger partial charge on any atom is 0.338 e. The molecule has 0 fully saturated rings. The fourth-order valence-electron chi connectivity index (χ4n) is 1.92. The number of halogens is 1. The number of carboxylic acid groups (broad SMARTS) is 1. The van der Waals surface area contributed by atoms with E-state index in [0.717, 1.165) is 11.1 Å². The number of carbonyl (C=O) groups is 1. The van der Waals surface area contributed by atoms with E-state index in [2.05, 4.69) is 4.98 Å². The van der Waals surface area contributed by atoms with Crippen LogP contribution in [0.1, 0.15) is 15.9 Å². The number of furan rings is 1. The van der Waals surface area contributed by atoms with Crippen molar-refractivity contribution in [3.63, 3.8) is 0 Å². The molecular formula is C15H10FNO3S. The van der Waals surface area contributed by atoms with Gasteiger partial charge in [0, 0.05) is 17.0 Å². The fourth-order valence-corrected chi connectivity index (χ4v) is 2.81. The Morgan fingerprint density at radius 2 is 2.19 bits per heavy atom. The van der Waals surface area contributed by atoms with E-state index in [1.807, 2.05) is 6.92 Å². The van der Waals surface area contributed by atoms with Crippen LogP contribution in [-0.4, -0.2) is 16.1 Å². The summed E-state index contributed by atoms with van der Waals surface area (Å²) in [5.74, 6) is -0.996. The molecule has 0 aliphatic heterocycles. The number of benzene rings is 1. The molecule has 0 aliphatic rings. The molecule has 106 valence electrons. The van der Waals surface area contributed by atoms with Crippen molar-refractivity contribution < 1.29 is 18.7 Å². The van der Waals surface area contributed by atoms with Crippen LogP contribution < -0.4 is 0 Å². The summed E-state index contributed by atoms with van der Waals surface area (Å²) in [6.07, 6.45) is 1.17. The van der Waals surface area contributed by atoms with Crippen LogP contribution in [0, 0.1) is 12.7 Å². The van der Waals surface area contributed by atoms with Gasteiger partial charge in [-0.25, -0.2) is 14.2 Å². The Morgan fingerprint density at radius 1 is 1.38 bits per heavy atom. The molecule has 3 rings (SSSR count). The highest BCUT2D eigenvalue weighted by Gasteiger charge is 2.14. The highest BCUT2D eigenvalue weighted by Crippen LogP contribution is 2.31. The van der Waals surface area contributed by atoms with Crippen molar-refractivity contribution in [2.75, 3.05) is 0 Å². The number of hydrogen-bond donors (Lipinski definition) is 1. The van der Waals surface area contributed by atoms with Gasteiger partial charge in [-0.1, -0.05) is 6.07 Å². The molecule has 0 amide bonds. The number of aromatic nitrogens is 1. The predicted octanol–water partition coefficient (Wildman–Crippen LogP) is 4.22. The van der Waals surface area contributed by atoms with Crippen LogP contribution in [0.5, 0.6) is 0 Å². The first-order valence-corrected chi connectivity index (χ1v) is 6.97. The average Bonchev–Trinajstić information content (AvgIpc) is 3.09. The van der Waals surface area contributed by atoms with Crippen LogP contribution in [0.3, 0.4) is 0 Å². The molecule has 0 bridgehead atoms. The first-order chi connectivity index (χ1) is 10.0. The molecule has 0 radical (unpaired) electrons. The Bertz CT molecular complexity index is 822. The van der Waals surface area contributed by atoms with Crippen molar-refractivity contribution in [2.45, 2.75) is 6.92 Å². The molecule has 0 atom stereocenters. The minimum Gasteiger partial charge on any atom is -0.478 e. The molecule has 2 heterocycles. The van der Waals surface area contributed by atoms with Gasteiger partial charge in [-0.3, -0.25) is 0 Å². The Kier molecular flexibility index (Phi) is 3.31. The van der Waals surface area contributed by atoms with Gasteiger partial charge in [0.15, 0.2) is 5.76 Å². The maximum atomic E-state index is 13.3. The Balaban J connectivity index is 1.99. The Hall–Kier alpha value is -2.47. The molecule has 3 aromatic rings. The van der Waals surface area contributed by atoms with Crippen LogP contribution in [0.2, 0.25) is 0 Å². The van der Waals surface area contributed by atoms with E-state index in [1.54, 1.807) is 11.4 Å². The van der Waals surface area contributed by atoms with Crippen LogP contribution in [0.4, 0.5) is 4.39 Å². The molecular weight excluding hydrogens is 293 g/mol. The van der Waals surface area contributed by atoms with Crippen LogP contribution in [0.15, 0.2) is 40.3 Å². The van der Waals surface area contributed by atoms with Gasteiger partial charge in [-0.2, -0.15) is 0 Å². The number of rotatable bonds is 3. The molecule has 0 saturated heterocycles. The Morgan fingerprint density at radius 3 is 2.90 bits per heavy atom. The first kappa shape index (κ1) is 13.5. The lowest BCUT2D eigenvalue weighted by molar-refractivity contribution is 0.0696. The molecule has 2 aromatic heterocycles. The molecule has 1 N–H and O–H groups in total. The highest BCUT2D eigenvalue weighted by atomic mass is 32.1. The molecule has 0 aliphatic carbocycles. The van der Waals surface area contributed by atoms with E-state index in [-0.39, 0.29) is 11.4 Å². The summed E-state index contributed by atoms with van der Waals surface area (Å²) in [6.45, 7) is 1.88. The summed E-state index contributed by atoms with van der Waals surface area (Å²) in [5.41, 5.74) is 2.24. The van der Waals surface area contributed by atoms with Gasteiger partial charge in [0.25, 0.3) is 0 Å². The van der Waals surface area contributed by atoms with E-state index >= 15 is 0 Å². The van der Waals surface area contributed by atoms with Crippen molar-refractivity contribution in [1.29, 1.82) is 0 Å². The van der Waals surface area contributed by atoms with Crippen LogP contribution in [0.25, 0.3) is 22.0 Å². The third-order valence-corrected chi connectivity index (χ3v) is 3.91. The van der Waals surface area contributed by atoms with Crippen molar-refractivity contribution in [3.05, 3.63) is 52.9 Å². The van der Waals surface area contributed by atoms with Crippen molar-refractivity contribution >= 4 is 17.3 Å². The fraction of sp³-hybridized carbons (Fsp3) is 0.0667. The lowest BCUT2D eigenvalue weighted by atomic mass is 10.1. The van der Waals surface area contributed by atoms with Gasteiger partial charge in [0.05, 0.1) is 5.56 Å². The SMILES string of the molecule is Cc1ccc(F)cc1-c1nc(-c2cc(C(=O)O)co2)cs1. The monoisotopic (exact) mass is 303 g/mol. The number of hydrogen-bond acceptors (Lipinski definition) is 4. The topological polar surface area (TPSA) is 63.3 Å². The van der Waals surface area contributed by atoms with Crippen molar-refractivity contribution in [3.8, 4) is 22.0 Å². The van der Waals surface area contributed by atoms with E-state index in [0.29, 0.717) is 16.5 Å². The van der Waals surface area contributed by atoms with Gasteiger partial charge in [0.1, 0.15) is 22.8 Å².